The molecule has 0 bridgehead atoms. The van der Waals surface area contributed by atoms with Gasteiger partial charge in [-0.25, -0.2) is 9.78 Å². The van der Waals surface area contributed by atoms with Crippen molar-refractivity contribution < 1.29 is 34.2 Å². The Balaban J connectivity index is 2.97. The molecule has 4 unspecified atom stereocenters. The largest absolute Gasteiger partial charge is 0.481 e. The van der Waals surface area contributed by atoms with E-state index < -0.39 is 60.2 Å². The lowest BCUT2D eigenvalue weighted by atomic mass is 10.0. The smallest absolute Gasteiger partial charge is 0.326 e. The Morgan fingerprint density at radius 2 is 1.62 bits per heavy atom. The molecule has 190 valence electrons. The van der Waals surface area contributed by atoms with Crippen LogP contribution in [0.4, 0.5) is 0 Å². The van der Waals surface area contributed by atoms with Crippen LogP contribution in [0, 0.1) is 5.92 Å². The number of carboxylic acids is 2. The average molecular weight is 501 g/mol. The van der Waals surface area contributed by atoms with Crippen molar-refractivity contribution in [2.24, 2.45) is 11.7 Å². The number of aliphatic carboxylic acids is 2. The van der Waals surface area contributed by atoms with Gasteiger partial charge in [0.2, 0.25) is 17.7 Å². The number of carbonyl (C=O) groups excluding carboxylic acids is 3. The molecule has 8 N–H and O–H groups in total. The number of nitrogens with two attached hydrogens (primary N) is 1. The van der Waals surface area contributed by atoms with Crippen LogP contribution in [0.25, 0.3) is 0 Å². The number of hydrogen-bond donors (Lipinski definition) is 7. The van der Waals surface area contributed by atoms with E-state index in [1.54, 1.807) is 13.8 Å². The summed E-state index contributed by atoms with van der Waals surface area (Å²) in [5.41, 5.74) is 6.28. The van der Waals surface area contributed by atoms with Crippen molar-refractivity contribution in [2.75, 3.05) is 12.0 Å². The molecule has 14 heteroatoms. The molecule has 0 fully saturated rings. The maximum absolute atomic E-state index is 12.9. The number of carbonyl (C=O) groups is 5. The number of H-pyrrole nitrogens is 1. The Hall–Kier alpha value is -3.13. The topological polar surface area (TPSA) is 217 Å². The fourth-order valence-corrected chi connectivity index (χ4v) is 3.29. The molecule has 0 radical (unpaired) electrons. The minimum absolute atomic E-state index is 0.131. The van der Waals surface area contributed by atoms with E-state index in [0.29, 0.717) is 11.4 Å². The molecule has 0 aliphatic rings. The Bertz CT molecular complexity index is 848. The van der Waals surface area contributed by atoms with Gasteiger partial charge in [-0.15, -0.1) is 0 Å². The number of nitrogens with zero attached hydrogens (tertiary/aromatic N) is 1. The molecule has 3 amide bonds. The van der Waals surface area contributed by atoms with Crippen molar-refractivity contribution in [3.63, 3.8) is 0 Å². The molecule has 34 heavy (non-hydrogen) atoms. The first-order valence-corrected chi connectivity index (χ1v) is 11.9. The summed E-state index contributed by atoms with van der Waals surface area (Å²) in [4.78, 5) is 67.3. The quantitative estimate of drug-likeness (QED) is 0.151. The highest BCUT2D eigenvalue weighted by Crippen LogP contribution is 2.06. The normalized spacial score (nSPS) is 14.5. The van der Waals surface area contributed by atoms with Gasteiger partial charge in [0, 0.05) is 18.3 Å². The maximum Gasteiger partial charge on any atom is 0.326 e. The van der Waals surface area contributed by atoms with Crippen LogP contribution in [-0.2, 0) is 30.4 Å². The second kappa shape index (κ2) is 14.2. The summed E-state index contributed by atoms with van der Waals surface area (Å²) in [7, 11) is 0. The van der Waals surface area contributed by atoms with Gasteiger partial charge in [0.25, 0.3) is 0 Å². The monoisotopic (exact) mass is 500 g/mol. The van der Waals surface area contributed by atoms with Crippen LogP contribution in [0.1, 0.15) is 32.4 Å². The highest BCUT2D eigenvalue weighted by molar-refractivity contribution is 7.98. The minimum atomic E-state index is -1.57. The molecule has 0 spiro atoms. The van der Waals surface area contributed by atoms with E-state index in [9.17, 15) is 34.2 Å². The van der Waals surface area contributed by atoms with Gasteiger partial charge in [0.05, 0.1) is 18.8 Å². The number of hydrogen-bond acceptors (Lipinski definition) is 8. The highest BCUT2D eigenvalue weighted by atomic mass is 32.2. The van der Waals surface area contributed by atoms with Crippen LogP contribution in [-0.4, -0.2) is 86.0 Å². The first kappa shape index (κ1) is 28.9. The highest BCUT2D eigenvalue weighted by Gasteiger charge is 2.32. The van der Waals surface area contributed by atoms with Crippen LogP contribution in [0.15, 0.2) is 12.5 Å². The molecule has 0 aromatic carbocycles. The molecular formula is C20H32N6O7S. The van der Waals surface area contributed by atoms with Gasteiger partial charge in [-0.2, -0.15) is 11.8 Å². The summed E-state index contributed by atoms with van der Waals surface area (Å²) in [6.07, 6.45) is 3.83. The number of aromatic nitrogens is 2. The molecule has 1 aromatic rings. The Morgan fingerprint density at radius 1 is 1.03 bits per heavy atom. The third-order valence-corrected chi connectivity index (χ3v) is 5.51. The van der Waals surface area contributed by atoms with Crippen molar-refractivity contribution in [3.05, 3.63) is 18.2 Å². The zero-order chi connectivity index (χ0) is 25.8. The fourth-order valence-electron chi connectivity index (χ4n) is 2.82. The summed E-state index contributed by atoms with van der Waals surface area (Å²) >= 11 is 1.43. The van der Waals surface area contributed by atoms with Crippen LogP contribution in [0.5, 0.6) is 0 Å². The Morgan fingerprint density at radius 3 is 2.12 bits per heavy atom. The summed E-state index contributed by atoms with van der Waals surface area (Å²) in [5, 5.41) is 25.8. The van der Waals surface area contributed by atoms with E-state index in [1.807, 2.05) is 6.26 Å². The standard InChI is InChI=1S/C20H32N6O7S/c1-10(2)16(21)19(31)24-12(4-5-34-3)17(29)25-13(7-15(27)28)18(30)26-14(20(32)33)6-11-8-22-9-23-11/h8-10,12-14,16H,4-7,21H2,1-3H3,(H,22,23)(H,24,31)(H,25,29)(H,26,30)(H,27,28)(H,32,33). The molecule has 1 heterocycles. The number of rotatable bonds is 15. The van der Waals surface area contributed by atoms with Crippen molar-refractivity contribution >= 4 is 41.4 Å². The van der Waals surface area contributed by atoms with Crippen LogP contribution in [0.3, 0.4) is 0 Å². The van der Waals surface area contributed by atoms with Crippen molar-refractivity contribution in [2.45, 2.75) is 57.3 Å². The maximum atomic E-state index is 12.9. The number of thioether (sulfide) groups is 1. The first-order chi connectivity index (χ1) is 16.0. The lowest BCUT2D eigenvalue weighted by Crippen LogP contribution is -2.58. The summed E-state index contributed by atoms with van der Waals surface area (Å²) < 4.78 is 0. The lowest BCUT2D eigenvalue weighted by molar-refractivity contribution is -0.143. The molecule has 0 saturated carbocycles. The van der Waals surface area contributed by atoms with E-state index in [1.165, 1.54) is 24.3 Å². The first-order valence-electron chi connectivity index (χ1n) is 10.5. The lowest BCUT2D eigenvalue weighted by Gasteiger charge is -2.25. The summed E-state index contributed by atoms with van der Waals surface area (Å²) in [5.74, 6) is -4.74. The molecule has 1 aromatic heterocycles. The van der Waals surface area contributed by atoms with E-state index in [4.69, 9.17) is 5.73 Å². The van der Waals surface area contributed by atoms with Crippen molar-refractivity contribution in [3.8, 4) is 0 Å². The van der Waals surface area contributed by atoms with E-state index in [0.717, 1.165) is 0 Å². The molecule has 4 atom stereocenters. The molecule has 13 nitrogen and oxygen atoms in total. The minimum Gasteiger partial charge on any atom is -0.481 e. The number of aromatic amines is 1. The van der Waals surface area contributed by atoms with Gasteiger partial charge in [-0.1, -0.05) is 13.8 Å². The Labute approximate surface area is 201 Å². The van der Waals surface area contributed by atoms with Gasteiger partial charge in [0.15, 0.2) is 0 Å². The summed E-state index contributed by atoms with van der Waals surface area (Å²) in [6, 6.07) is -4.88. The van der Waals surface area contributed by atoms with E-state index >= 15 is 0 Å². The van der Waals surface area contributed by atoms with Crippen molar-refractivity contribution in [1.82, 2.24) is 25.9 Å². The van der Waals surface area contributed by atoms with Crippen LogP contribution >= 0.6 is 11.8 Å². The second-order valence-electron chi connectivity index (χ2n) is 7.95. The molecular weight excluding hydrogens is 468 g/mol. The SMILES string of the molecule is CSCCC(NC(=O)C(N)C(C)C)C(=O)NC(CC(=O)O)C(=O)NC(Cc1cnc[nH]1)C(=O)O. The zero-order valence-electron chi connectivity index (χ0n) is 19.2. The van der Waals surface area contributed by atoms with Crippen LogP contribution < -0.4 is 21.7 Å². The summed E-state index contributed by atoms with van der Waals surface area (Å²) in [6.45, 7) is 3.49. The predicted octanol–water partition coefficient (Wildman–Crippen LogP) is -1.30. The Kier molecular flexibility index (Phi) is 12.1. The van der Waals surface area contributed by atoms with Gasteiger partial charge in [-0.05, 0) is 24.3 Å². The third-order valence-electron chi connectivity index (χ3n) is 4.87. The van der Waals surface area contributed by atoms with Crippen molar-refractivity contribution in [1.29, 1.82) is 0 Å². The second-order valence-corrected chi connectivity index (χ2v) is 8.94. The van der Waals surface area contributed by atoms with Gasteiger partial charge >= 0.3 is 11.9 Å². The molecule has 0 aliphatic heterocycles. The van der Waals surface area contributed by atoms with Gasteiger partial charge < -0.3 is 36.9 Å². The number of amides is 3. The third kappa shape index (κ3) is 9.79. The number of imidazole rings is 1. The molecule has 1 rings (SSSR count). The van der Waals surface area contributed by atoms with E-state index in [2.05, 4.69) is 25.9 Å². The zero-order valence-corrected chi connectivity index (χ0v) is 20.1. The molecule has 0 saturated heterocycles. The fraction of sp³-hybridized carbons (Fsp3) is 0.600. The molecule has 0 aliphatic carbocycles. The number of carboxylic acid groups (broad SMARTS) is 2. The predicted molar refractivity (Wildman–Crippen MR) is 124 cm³/mol. The number of nitrogens with one attached hydrogen (secondary N) is 4. The van der Waals surface area contributed by atoms with Gasteiger partial charge in [-0.3, -0.25) is 19.2 Å². The van der Waals surface area contributed by atoms with E-state index in [-0.39, 0.29) is 18.8 Å². The van der Waals surface area contributed by atoms with Crippen LogP contribution in [0.2, 0.25) is 0 Å². The van der Waals surface area contributed by atoms with Gasteiger partial charge in [0.1, 0.15) is 18.1 Å². The average Bonchev–Trinajstić information content (AvgIpc) is 3.27.